The van der Waals surface area contributed by atoms with Crippen LogP contribution in [-0.2, 0) is 0 Å². The van der Waals surface area contributed by atoms with Crippen LogP contribution in [0.15, 0.2) is 118 Å². The van der Waals surface area contributed by atoms with Gasteiger partial charge >= 0.3 is 0 Å². The SMILES string of the molecule is C=C/C=C1/NC(C(C)F)=CC(=C2CC2)N1.CC.CNc1ccc(Cl)cc1C.O=C(Nc1ccc(Br)cc1)c1cnn2c1NC(=C1CC1)C=C2C(F)F. The van der Waals surface area contributed by atoms with Gasteiger partial charge in [0.15, 0.2) is 0 Å². The van der Waals surface area contributed by atoms with Gasteiger partial charge in [0.25, 0.3) is 12.3 Å². The highest BCUT2D eigenvalue weighted by Crippen LogP contribution is 2.38. The van der Waals surface area contributed by atoms with Gasteiger partial charge in [-0.1, -0.05) is 54.0 Å². The number of rotatable bonds is 6. The Morgan fingerprint density at radius 2 is 1.63 bits per heavy atom. The van der Waals surface area contributed by atoms with E-state index >= 15 is 0 Å². The highest BCUT2D eigenvalue weighted by Gasteiger charge is 2.30. The maximum atomic E-state index is 13.4. The molecule has 2 saturated carbocycles. The second-order valence-corrected chi connectivity index (χ2v) is 13.2. The number of anilines is 3. The summed E-state index contributed by atoms with van der Waals surface area (Å²) in [6.45, 7) is 11.2. The molecule has 52 heavy (non-hydrogen) atoms. The summed E-state index contributed by atoms with van der Waals surface area (Å²) in [6, 6.07) is 12.9. The van der Waals surface area contributed by atoms with Crippen molar-refractivity contribution in [1.82, 2.24) is 20.4 Å². The largest absolute Gasteiger partial charge is 0.388 e. The number of carbonyl (C=O) groups excluding carboxylic acids is 1. The number of allylic oxidation sites excluding steroid dienone is 8. The number of carbonyl (C=O) groups is 1. The number of aryl methyl sites for hydroxylation is 1. The molecule has 2 aliphatic carbocycles. The lowest BCUT2D eigenvalue weighted by Crippen LogP contribution is -2.33. The summed E-state index contributed by atoms with van der Waals surface area (Å²) >= 11 is 9.07. The molecule has 2 aromatic carbocycles. The quantitative estimate of drug-likeness (QED) is 0.171. The predicted octanol–water partition coefficient (Wildman–Crippen LogP) is 10.7. The maximum absolute atomic E-state index is 13.4. The van der Waals surface area contributed by atoms with Crippen LogP contribution in [0.4, 0.5) is 30.4 Å². The number of hydrogen-bond donors (Lipinski definition) is 5. The molecule has 3 aromatic rings. The molecule has 4 aliphatic rings. The number of amides is 1. The van der Waals surface area contributed by atoms with E-state index in [4.69, 9.17) is 11.6 Å². The Labute approximate surface area is 316 Å². The first-order valence-electron chi connectivity index (χ1n) is 17.0. The van der Waals surface area contributed by atoms with Crippen LogP contribution in [0.2, 0.25) is 5.02 Å². The Bertz CT molecular complexity index is 1920. The molecule has 1 unspecified atom stereocenters. The summed E-state index contributed by atoms with van der Waals surface area (Å²) in [4.78, 5) is 12.6. The lowest BCUT2D eigenvalue weighted by molar-refractivity contribution is 0.102. The first-order chi connectivity index (χ1) is 25.0. The zero-order chi connectivity index (χ0) is 37.9. The van der Waals surface area contributed by atoms with E-state index in [0.717, 1.165) is 62.6 Å². The maximum Gasteiger partial charge on any atom is 0.280 e. The third-order valence-corrected chi connectivity index (χ3v) is 8.67. The van der Waals surface area contributed by atoms with Crippen molar-refractivity contribution in [2.75, 3.05) is 23.0 Å². The normalized spacial score (nSPS) is 16.4. The van der Waals surface area contributed by atoms with Crippen LogP contribution in [0.25, 0.3) is 5.70 Å². The fourth-order valence-corrected chi connectivity index (χ4v) is 5.51. The number of fused-ring (bicyclic) bond motifs is 1. The number of hydrogen-bond acceptors (Lipinski definition) is 6. The molecule has 7 rings (SSSR count). The topological polar surface area (TPSA) is 95.0 Å². The van der Waals surface area contributed by atoms with Crippen molar-refractivity contribution < 1.29 is 18.0 Å². The van der Waals surface area contributed by atoms with Gasteiger partial charge in [0.2, 0.25) is 0 Å². The molecule has 276 valence electrons. The molecule has 0 saturated heterocycles. The highest BCUT2D eigenvalue weighted by atomic mass is 79.9. The second kappa shape index (κ2) is 18.7. The van der Waals surface area contributed by atoms with Crippen molar-refractivity contribution in [3.8, 4) is 0 Å². The number of aromatic nitrogens is 2. The third kappa shape index (κ3) is 10.9. The smallest absolute Gasteiger partial charge is 0.280 e. The molecule has 13 heteroatoms. The summed E-state index contributed by atoms with van der Waals surface area (Å²) in [5.41, 5.74) is 7.63. The van der Waals surface area contributed by atoms with E-state index in [2.05, 4.69) is 54.2 Å². The van der Waals surface area contributed by atoms with Gasteiger partial charge in [-0.15, -0.1) is 0 Å². The van der Waals surface area contributed by atoms with Gasteiger partial charge in [-0.2, -0.15) is 5.10 Å². The Kier molecular flexibility index (Phi) is 14.4. The average Bonchev–Trinajstić information content (AvgIpc) is 4.08. The van der Waals surface area contributed by atoms with Crippen molar-refractivity contribution in [2.24, 2.45) is 0 Å². The van der Waals surface area contributed by atoms with Gasteiger partial charge in [0.05, 0.1) is 11.9 Å². The molecule has 2 fully saturated rings. The number of alkyl halides is 3. The van der Waals surface area contributed by atoms with Gasteiger partial charge in [-0.3, -0.25) is 4.79 Å². The van der Waals surface area contributed by atoms with E-state index in [-0.39, 0.29) is 17.1 Å². The summed E-state index contributed by atoms with van der Waals surface area (Å²) in [5.74, 6) is 0.648. The summed E-state index contributed by atoms with van der Waals surface area (Å²) in [7, 11) is 1.90. The molecule has 5 N–H and O–H groups in total. The van der Waals surface area contributed by atoms with Gasteiger partial charge < -0.3 is 26.6 Å². The van der Waals surface area contributed by atoms with Crippen molar-refractivity contribution in [2.45, 2.75) is 66.0 Å². The van der Waals surface area contributed by atoms with E-state index in [1.165, 1.54) is 30.3 Å². The summed E-state index contributed by atoms with van der Waals surface area (Å²) in [5, 5.41) is 19.9. The standard InChI is InChI=1S/C17H13BrF2N4O.C12H15FN2.C8H10ClN.C2H6/c18-10-3-5-11(6-4-10)22-17(25)12-8-21-24-14(15(19)20)7-13(9-1-2-9)23-16(12)24;1-3-4-12-14-10(8(2)13)7-11(15-12)9-5-6-9;1-6-5-7(9)3-4-8(6)10-2;1-2/h3-8,15,23H,1-2H2,(H,22,25);3-4,7-8,14-15H,1,5-6H2,2H3;3-5,10H,1-2H3;1-2H3/b;12-4-;;. The Hall–Kier alpha value is -4.68. The minimum Gasteiger partial charge on any atom is -0.388 e. The van der Waals surface area contributed by atoms with Gasteiger partial charge in [0.1, 0.15) is 29.1 Å². The molecule has 0 spiro atoms. The number of nitrogens with zero attached hydrogens (tertiary/aromatic N) is 2. The molecular formula is C39H44BrClF3N7O. The molecule has 1 aromatic heterocycles. The van der Waals surface area contributed by atoms with E-state index < -0.39 is 18.5 Å². The van der Waals surface area contributed by atoms with Crippen LogP contribution in [0, 0.1) is 6.92 Å². The van der Waals surface area contributed by atoms with Gasteiger partial charge in [-0.05, 0) is 117 Å². The summed E-state index contributed by atoms with van der Waals surface area (Å²) in [6.07, 6.45) is 8.38. The van der Waals surface area contributed by atoms with Crippen molar-refractivity contribution in [1.29, 1.82) is 0 Å². The molecule has 1 amide bonds. The average molecular weight is 799 g/mol. The molecule has 2 aliphatic heterocycles. The van der Waals surface area contributed by atoms with Crippen LogP contribution < -0.4 is 26.6 Å². The lowest BCUT2D eigenvalue weighted by atomic mass is 10.2. The number of nitrogens with one attached hydrogen (secondary N) is 5. The molecule has 0 radical (unpaired) electrons. The van der Waals surface area contributed by atoms with Crippen molar-refractivity contribution in [3.05, 3.63) is 134 Å². The Morgan fingerprint density at radius 3 is 2.17 bits per heavy atom. The first-order valence-corrected chi connectivity index (χ1v) is 18.2. The monoisotopic (exact) mass is 797 g/mol. The molecule has 3 heterocycles. The van der Waals surface area contributed by atoms with Crippen LogP contribution in [0.3, 0.4) is 0 Å². The molecular weight excluding hydrogens is 755 g/mol. The Balaban J connectivity index is 0.000000190. The van der Waals surface area contributed by atoms with E-state index in [0.29, 0.717) is 17.1 Å². The highest BCUT2D eigenvalue weighted by molar-refractivity contribution is 9.10. The lowest BCUT2D eigenvalue weighted by Gasteiger charge is -2.23. The number of benzene rings is 2. The zero-order valence-electron chi connectivity index (χ0n) is 29.8. The van der Waals surface area contributed by atoms with Crippen LogP contribution in [0.5, 0.6) is 0 Å². The summed E-state index contributed by atoms with van der Waals surface area (Å²) < 4.78 is 41.9. The van der Waals surface area contributed by atoms with E-state index in [1.54, 1.807) is 36.4 Å². The fourth-order valence-electron chi connectivity index (χ4n) is 5.02. The molecule has 8 nitrogen and oxygen atoms in total. The van der Waals surface area contributed by atoms with Gasteiger partial charge in [0, 0.05) is 39.3 Å². The molecule has 1 atom stereocenters. The third-order valence-electron chi connectivity index (χ3n) is 7.91. The van der Waals surface area contributed by atoms with Crippen molar-refractivity contribution in [3.63, 3.8) is 0 Å². The second-order valence-electron chi connectivity index (χ2n) is 11.8. The van der Waals surface area contributed by atoms with E-state index in [9.17, 15) is 18.0 Å². The zero-order valence-corrected chi connectivity index (χ0v) is 32.2. The first kappa shape index (κ1) is 40.1. The minimum absolute atomic E-state index is 0.216. The number of halogens is 5. The van der Waals surface area contributed by atoms with Crippen LogP contribution in [-0.4, -0.2) is 35.3 Å². The van der Waals surface area contributed by atoms with Crippen molar-refractivity contribution >= 4 is 56.3 Å². The molecule has 0 bridgehead atoms. The Morgan fingerprint density at radius 1 is 1.00 bits per heavy atom. The van der Waals surface area contributed by atoms with E-state index in [1.807, 2.05) is 52.1 Å². The fraction of sp³-hybridized carbons (Fsp3) is 0.282. The predicted molar refractivity (Wildman–Crippen MR) is 211 cm³/mol. The minimum atomic E-state index is -2.68. The van der Waals surface area contributed by atoms with Crippen LogP contribution >= 0.6 is 27.5 Å². The van der Waals surface area contributed by atoms with Gasteiger partial charge in [-0.25, -0.2) is 17.9 Å². The van der Waals surface area contributed by atoms with Crippen LogP contribution in [0.1, 0.15) is 62.4 Å².